The van der Waals surface area contributed by atoms with Crippen LogP contribution in [0.4, 0.5) is 14.5 Å². The number of allylic oxidation sites excluding steroid dienone is 14. The van der Waals surface area contributed by atoms with Crippen LogP contribution < -0.4 is 10.2 Å². The van der Waals surface area contributed by atoms with E-state index >= 15 is 0 Å². The molecule has 3 aromatic carbocycles. The first-order valence-corrected chi connectivity index (χ1v) is 23.6. The molecule has 0 fully saturated rings. The van der Waals surface area contributed by atoms with Gasteiger partial charge in [-0.15, -0.1) is 0 Å². The lowest BCUT2D eigenvalue weighted by Gasteiger charge is -2.38. The zero-order valence-electron chi connectivity index (χ0n) is 35.0. The fraction of sp³-hybridized carbons (Fsp3) is 0.333. The van der Waals surface area contributed by atoms with E-state index in [-0.39, 0.29) is 23.5 Å². The number of hydrogen-bond acceptors (Lipinski definition) is 5. The zero-order chi connectivity index (χ0) is 43.2. The van der Waals surface area contributed by atoms with Gasteiger partial charge in [-0.3, -0.25) is 8.86 Å². The molecule has 3 aliphatic carbocycles. The summed E-state index contributed by atoms with van der Waals surface area (Å²) in [5.74, 6) is -0.0824. The van der Waals surface area contributed by atoms with E-state index in [9.17, 15) is 26.0 Å². The monoisotopic (exact) mass is 869 g/mol. The summed E-state index contributed by atoms with van der Waals surface area (Å²) in [6.45, 7) is 9.28. The van der Waals surface area contributed by atoms with Crippen molar-refractivity contribution in [2.75, 3.05) is 31.3 Å². The predicted octanol–water partition coefficient (Wildman–Crippen LogP) is 10.8. The maximum absolute atomic E-state index is 15.0. The fourth-order valence-electron chi connectivity index (χ4n) is 9.48. The number of fused-ring (bicyclic) bond motifs is 5. The Morgan fingerprint density at radius 1 is 1.03 bits per heavy atom. The molecule has 0 saturated carbocycles. The minimum Gasteiger partial charge on any atom is -0.388 e. The minimum atomic E-state index is -4.11. The summed E-state index contributed by atoms with van der Waals surface area (Å²) in [5.41, 5.74) is 9.46. The van der Waals surface area contributed by atoms with Gasteiger partial charge in [-0.1, -0.05) is 125 Å². The van der Waals surface area contributed by atoms with Crippen molar-refractivity contribution >= 4 is 57.9 Å². The average molecular weight is 870 g/mol. The standard InChI is InChI=1S/C48H54F2N3O4PS2/c1-46(2,43-34-18-9-7-16-32(34)23-26-40(43)51-5)29-15-22-38-36-20-11-12-21-37(36)39(45(38)52(6)59(54)48(49,50)58)25-28-42-47(3,4)44-35-19-10-8-17-33(35)24-27-41(44)53(42)30-13-14-31-60(55,56)57/h7-12,15-17,19-28,34,51H,13-14,18,29-31,58H2,1-6H3,(H,55,56,57)/b22-15+,39-25+,42-28+. The van der Waals surface area contributed by atoms with E-state index in [1.807, 2.05) is 61.7 Å². The van der Waals surface area contributed by atoms with Gasteiger partial charge in [0.2, 0.25) is 0 Å². The Labute approximate surface area is 358 Å². The van der Waals surface area contributed by atoms with E-state index in [1.54, 1.807) is 0 Å². The lowest BCUT2D eigenvalue weighted by atomic mass is 9.68. The van der Waals surface area contributed by atoms with Crippen LogP contribution in [0.2, 0.25) is 0 Å². The van der Waals surface area contributed by atoms with Gasteiger partial charge in [0.05, 0.1) is 11.4 Å². The molecule has 60 heavy (non-hydrogen) atoms. The number of benzene rings is 3. The van der Waals surface area contributed by atoms with Gasteiger partial charge in [0.1, 0.15) is 0 Å². The van der Waals surface area contributed by atoms with E-state index in [2.05, 4.69) is 98.6 Å². The molecule has 3 atom stereocenters. The van der Waals surface area contributed by atoms with Crippen molar-refractivity contribution in [3.8, 4) is 0 Å². The Morgan fingerprint density at radius 2 is 1.75 bits per heavy atom. The minimum absolute atomic E-state index is 0.250. The van der Waals surface area contributed by atoms with Gasteiger partial charge in [0, 0.05) is 60.2 Å². The molecule has 1 aliphatic heterocycles. The number of nitrogens with one attached hydrogen (secondary N) is 1. The molecule has 0 aromatic heterocycles. The molecular formula is C48H54F2N3O4PS2. The number of rotatable bonds is 14. The molecule has 3 unspecified atom stereocenters. The molecule has 1 heterocycles. The molecule has 12 heteroatoms. The first kappa shape index (κ1) is 43.7. The van der Waals surface area contributed by atoms with Crippen LogP contribution in [0.1, 0.15) is 70.1 Å². The summed E-state index contributed by atoms with van der Waals surface area (Å²) < 4.78 is 77.4. The molecule has 7 nitrogen and oxygen atoms in total. The summed E-state index contributed by atoms with van der Waals surface area (Å²) in [6, 6.07) is 20.2. The second-order valence-corrected chi connectivity index (χ2v) is 21.3. The van der Waals surface area contributed by atoms with E-state index < -0.39 is 31.5 Å². The third-order valence-electron chi connectivity index (χ3n) is 12.2. The van der Waals surface area contributed by atoms with Gasteiger partial charge in [-0.25, -0.2) is 4.21 Å². The van der Waals surface area contributed by atoms with Gasteiger partial charge in [-0.05, 0) is 97.2 Å². The number of likely N-dealkylation sites (N-methyl/N-ethyl adjacent to an activating group) is 2. The molecular weight excluding hydrogens is 816 g/mol. The number of halogens is 2. The van der Waals surface area contributed by atoms with E-state index in [4.69, 9.17) is 0 Å². The SMILES string of the molecule is CNC1=C(C(C)(C)C/C=C/C2=C(N(C)S(=O)C(F)(F)P)C(=C/C=C3/N(CCCCS(=O)(=O)O)c4ccc5ccccc5c4C3(C)C)/c3ccccc32)C2CC=CC=C2C=C1. The molecule has 0 spiro atoms. The van der Waals surface area contributed by atoms with Gasteiger partial charge in [0.15, 0.2) is 11.0 Å². The molecule has 2 N–H and O–H groups in total. The highest BCUT2D eigenvalue weighted by molar-refractivity contribution is 7.88. The summed E-state index contributed by atoms with van der Waals surface area (Å²) >= 11 is 0. The Balaban J connectivity index is 1.34. The lowest BCUT2D eigenvalue weighted by Crippen LogP contribution is -2.31. The smallest absolute Gasteiger partial charge is 0.349 e. The van der Waals surface area contributed by atoms with Crippen LogP contribution in [0.5, 0.6) is 0 Å². The van der Waals surface area contributed by atoms with Gasteiger partial charge in [0.25, 0.3) is 10.1 Å². The van der Waals surface area contributed by atoms with Crippen LogP contribution in [-0.2, 0) is 26.5 Å². The number of hydrogen-bond donors (Lipinski definition) is 2. The summed E-state index contributed by atoms with van der Waals surface area (Å²) in [5, 5.41) is 5.62. The summed E-state index contributed by atoms with van der Waals surface area (Å²) in [7, 11) is -2.00. The predicted molar refractivity (Wildman–Crippen MR) is 248 cm³/mol. The van der Waals surface area contributed by atoms with Gasteiger partial charge >= 0.3 is 5.00 Å². The Bertz CT molecular complexity index is 2610. The van der Waals surface area contributed by atoms with Crippen molar-refractivity contribution < 1.29 is 26.0 Å². The van der Waals surface area contributed by atoms with Gasteiger partial charge < -0.3 is 10.2 Å². The van der Waals surface area contributed by atoms with Crippen molar-refractivity contribution in [3.63, 3.8) is 0 Å². The largest absolute Gasteiger partial charge is 0.388 e. The van der Waals surface area contributed by atoms with Gasteiger partial charge in [-0.2, -0.15) is 17.2 Å². The number of unbranched alkanes of at least 4 members (excludes halogenated alkanes) is 1. The molecule has 0 amide bonds. The van der Waals surface area contributed by atoms with Crippen LogP contribution in [0.15, 0.2) is 144 Å². The highest BCUT2D eigenvalue weighted by Crippen LogP contribution is 2.52. The first-order valence-electron chi connectivity index (χ1n) is 20.3. The Kier molecular flexibility index (Phi) is 12.2. The maximum Gasteiger partial charge on any atom is 0.349 e. The summed E-state index contributed by atoms with van der Waals surface area (Å²) in [6.07, 6.45) is 21.2. The van der Waals surface area contributed by atoms with Crippen LogP contribution in [0, 0.1) is 11.3 Å². The average Bonchev–Trinajstić information content (AvgIpc) is 3.63. The third-order valence-corrected chi connectivity index (χ3v) is 14.8. The van der Waals surface area contributed by atoms with Crippen molar-refractivity contribution in [3.05, 3.63) is 160 Å². The molecule has 7 rings (SSSR count). The molecule has 3 aromatic rings. The van der Waals surface area contributed by atoms with Crippen molar-refractivity contribution in [1.29, 1.82) is 0 Å². The maximum atomic E-state index is 15.0. The van der Waals surface area contributed by atoms with E-state index in [0.717, 1.165) is 51.0 Å². The van der Waals surface area contributed by atoms with Crippen molar-refractivity contribution in [2.45, 2.75) is 63.8 Å². The van der Waals surface area contributed by atoms with Crippen molar-refractivity contribution in [2.24, 2.45) is 11.3 Å². The van der Waals surface area contributed by atoms with E-state index in [0.29, 0.717) is 36.2 Å². The molecule has 4 aliphatic rings. The lowest BCUT2D eigenvalue weighted by molar-refractivity contribution is 0.197. The Hall–Kier alpha value is -4.41. The molecule has 316 valence electrons. The second-order valence-electron chi connectivity index (χ2n) is 17.0. The first-order chi connectivity index (χ1) is 28.3. The second kappa shape index (κ2) is 16.8. The van der Waals surface area contributed by atoms with Crippen molar-refractivity contribution in [1.82, 2.24) is 9.62 Å². The number of nitrogens with zero attached hydrogens (tertiary/aromatic N) is 2. The van der Waals surface area contributed by atoms with E-state index in [1.165, 1.54) is 31.7 Å². The fourth-order valence-corrected chi connectivity index (χ4v) is 11.3. The number of alkyl halides is 2. The Morgan fingerprint density at radius 3 is 2.47 bits per heavy atom. The van der Waals surface area contributed by atoms with Crippen LogP contribution >= 0.6 is 9.24 Å². The van der Waals surface area contributed by atoms with Crippen LogP contribution in [0.25, 0.3) is 21.9 Å². The molecule has 0 saturated heterocycles. The quantitative estimate of drug-likeness (QED) is 0.0953. The van der Waals surface area contributed by atoms with Crippen LogP contribution in [-0.4, -0.2) is 52.9 Å². The molecule has 0 bridgehead atoms. The number of anilines is 1. The highest BCUT2D eigenvalue weighted by Gasteiger charge is 2.42. The van der Waals surface area contributed by atoms with Crippen LogP contribution in [0.3, 0.4) is 0 Å². The zero-order valence-corrected chi connectivity index (χ0v) is 37.8. The molecule has 0 radical (unpaired) electrons. The normalized spacial score (nSPS) is 20.7. The summed E-state index contributed by atoms with van der Waals surface area (Å²) in [4.78, 5) is -1.39. The third kappa shape index (κ3) is 8.43. The topological polar surface area (TPSA) is 90.0 Å². The highest BCUT2D eigenvalue weighted by atomic mass is 32.2.